The summed E-state index contributed by atoms with van der Waals surface area (Å²) in [5.41, 5.74) is 2.85. The van der Waals surface area contributed by atoms with Crippen molar-refractivity contribution in [1.82, 2.24) is 5.32 Å². The lowest BCUT2D eigenvalue weighted by Gasteiger charge is -2.10. The van der Waals surface area contributed by atoms with Crippen molar-refractivity contribution in [3.8, 4) is 5.75 Å². The number of anilines is 1. The van der Waals surface area contributed by atoms with Crippen LogP contribution in [0.4, 0.5) is 5.69 Å². The molecule has 3 aromatic carbocycles. The van der Waals surface area contributed by atoms with Crippen LogP contribution in [0, 0.1) is 6.92 Å². The summed E-state index contributed by atoms with van der Waals surface area (Å²) in [5, 5.41) is 2.83. The fourth-order valence-electron chi connectivity index (χ4n) is 2.85. The Labute approximate surface area is 177 Å². The predicted octanol–water partition coefficient (Wildman–Crippen LogP) is 3.78. The highest BCUT2D eigenvalue weighted by Crippen LogP contribution is 2.18. The van der Waals surface area contributed by atoms with Crippen molar-refractivity contribution in [2.75, 3.05) is 18.4 Å². The third-order valence-corrected chi connectivity index (χ3v) is 5.95. The Hall–Kier alpha value is -3.32. The van der Waals surface area contributed by atoms with E-state index in [2.05, 4.69) is 10.0 Å². The largest absolute Gasteiger partial charge is 0.497 e. The Balaban J connectivity index is 1.63. The average Bonchev–Trinajstić information content (AvgIpc) is 2.76. The van der Waals surface area contributed by atoms with Gasteiger partial charge in [0.15, 0.2) is 0 Å². The zero-order valence-corrected chi connectivity index (χ0v) is 17.7. The van der Waals surface area contributed by atoms with Crippen LogP contribution in [0.1, 0.15) is 21.5 Å². The molecule has 0 heterocycles. The monoisotopic (exact) mass is 424 g/mol. The number of hydrogen-bond acceptors (Lipinski definition) is 4. The van der Waals surface area contributed by atoms with Gasteiger partial charge >= 0.3 is 0 Å². The van der Waals surface area contributed by atoms with Gasteiger partial charge in [-0.2, -0.15) is 0 Å². The van der Waals surface area contributed by atoms with Gasteiger partial charge in [-0.3, -0.25) is 9.52 Å². The molecule has 0 spiro atoms. The van der Waals surface area contributed by atoms with Crippen molar-refractivity contribution in [3.05, 3.63) is 89.5 Å². The molecule has 0 radical (unpaired) electrons. The first-order chi connectivity index (χ1) is 14.4. The number of amides is 1. The summed E-state index contributed by atoms with van der Waals surface area (Å²) < 4.78 is 33.0. The number of sulfonamides is 1. The van der Waals surface area contributed by atoms with Gasteiger partial charge in [0.05, 0.1) is 12.0 Å². The van der Waals surface area contributed by atoms with Gasteiger partial charge in [-0.15, -0.1) is 0 Å². The van der Waals surface area contributed by atoms with Gasteiger partial charge in [0.25, 0.3) is 15.9 Å². The third kappa shape index (κ3) is 5.61. The predicted molar refractivity (Wildman–Crippen MR) is 117 cm³/mol. The molecule has 30 heavy (non-hydrogen) atoms. The quantitative estimate of drug-likeness (QED) is 0.576. The van der Waals surface area contributed by atoms with E-state index in [0.717, 1.165) is 16.9 Å². The zero-order valence-electron chi connectivity index (χ0n) is 16.9. The SMILES string of the molecule is COc1ccc(CCNC(=O)c2cccc(S(=O)(=O)Nc3ccc(C)cc3)c2)cc1. The molecule has 0 atom stereocenters. The van der Waals surface area contributed by atoms with E-state index >= 15 is 0 Å². The topological polar surface area (TPSA) is 84.5 Å². The summed E-state index contributed by atoms with van der Waals surface area (Å²) in [6.07, 6.45) is 0.655. The second-order valence-corrected chi connectivity index (χ2v) is 8.54. The molecule has 0 fully saturated rings. The maximum atomic E-state index is 12.7. The summed E-state index contributed by atoms with van der Waals surface area (Å²) in [6.45, 7) is 2.36. The molecule has 3 rings (SSSR count). The first-order valence-electron chi connectivity index (χ1n) is 9.48. The van der Waals surface area contributed by atoms with Crippen LogP contribution in [-0.2, 0) is 16.4 Å². The molecule has 0 aliphatic carbocycles. The summed E-state index contributed by atoms with van der Waals surface area (Å²) in [5.74, 6) is 0.455. The van der Waals surface area contributed by atoms with Crippen LogP contribution in [0.15, 0.2) is 77.7 Å². The molecule has 0 unspecified atom stereocenters. The number of aryl methyl sites for hydroxylation is 1. The molecular formula is C23H24N2O4S. The maximum absolute atomic E-state index is 12.7. The fraction of sp³-hybridized carbons (Fsp3) is 0.174. The fourth-order valence-corrected chi connectivity index (χ4v) is 3.96. The van der Waals surface area contributed by atoms with Crippen LogP contribution in [-0.4, -0.2) is 28.0 Å². The number of carbonyl (C=O) groups is 1. The van der Waals surface area contributed by atoms with Gasteiger partial charge in [-0.05, 0) is 61.4 Å². The Morgan fingerprint density at radius 3 is 2.33 bits per heavy atom. The van der Waals surface area contributed by atoms with Crippen LogP contribution < -0.4 is 14.8 Å². The van der Waals surface area contributed by atoms with Crippen molar-refractivity contribution < 1.29 is 17.9 Å². The third-order valence-electron chi connectivity index (χ3n) is 4.57. The Morgan fingerprint density at radius 1 is 0.967 bits per heavy atom. The van der Waals surface area contributed by atoms with Crippen LogP contribution in [0.5, 0.6) is 5.75 Å². The van der Waals surface area contributed by atoms with E-state index in [0.29, 0.717) is 18.7 Å². The molecule has 6 nitrogen and oxygen atoms in total. The van der Waals surface area contributed by atoms with E-state index in [1.807, 2.05) is 43.3 Å². The van der Waals surface area contributed by atoms with Gasteiger partial charge < -0.3 is 10.1 Å². The van der Waals surface area contributed by atoms with E-state index in [9.17, 15) is 13.2 Å². The van der Waals surface area contributed by atoms with Crippen molar-refractivity contribution >= 4 is 21.6 Å². The highest BCUT2D eigenvalue weighted by atomic mass is 32.2. The Kier molecular flexibility index (Phi) is 6.74. The molecule has 0 saturated heterocycles. The van der Waals surface area contributed by atoms with E-state index in [4.69, 9.17) is 4.74 Å². The first-order valence-corrected chi connectivity index (χ1v) is 11.0. The molecule has 3 aromatic rings. The minimum absolute atomic E-state index is 0.0332. The van der Waals surface area contributed by atoms with Crippen LogP contribution >= 0.6 is 0 Å². The second-order valence-electron chi connectivity index (χ2n) is 6.85. The van der Waals surface area contributed by atoms with Crippen LogP contribution in [0.25, 0.3) is 0 Å². The van der Waals surface area contributed by atoms with E-state index < -0.39 is 10.0 Å². The number of benzene rings is 3. The van der Waals surface area contributed by atoms with Crippen molar-refractivity contribution in [2.45, 2.75) is 18.2 Å². The highest BCUT2D eigenvalue weighted by molar-refractivity contribution is 7.92. The molecule has 0 bridgehead atoms. The van der Waals surface area contributed by atoms with Gasteiger partial charge in [0.1, 0.15) is 5.75 Å². The number of ether oxygens (including phenoxy) is 1. The summed E-state index contributed by atoms with van der Waals surface area (Å²) in [4.78, 5) is 12.5. The molecule has 0 aliphatic rings. The number of nitrogens with one attached hydrogen (secondary N) is 2. The van der Waals surface area contributed by atoms with Crippen molar-refractivity contribution in [2.24, 2.45) is 0 Å². The molecule has 156 valence electrons. The molecular weight excluding hydrogens is 400 g/mol. The molecule has 0 saturated carbocycles. The van der Waals surface area contributed by atoms with Crippen LogP contribution in [0.3, 0.4) is 0 Å². The number of methoxy groups -OCH3 is 1. The summed E-state index contributed by atoms with van der Waals surface area (Å²) >= 11 is 0. The van der Waals surface area contributed by atoms with Gasteiger partial charge in [0.2, 0.25) is 0 Å². The van der Waals surface area contributed by atoms with Crippen molar-refractivity contribution in [3.63, 3.8) is 0 Å². The standard InChI is InChI=1S/C23H24N2O4S/c1-17-6-10-20(11-7-17)25-30(27,28)22-5-3-4-19(16-22)23(26)24-15-14-18-8-12-21(29-2)13-9-18/h3-13,16,25H,14-15H2,1-2H3,(H,24,26). The maximum Gasteiger partial charge on any atom is 0.261 e. The van der Waals surface area contributed by atoms with Gasteiger partial charge in [0, 0.05) is 17.8 Å². The number of carbonyl (C=O) groups excluding carboxylic acids is 1. The minimum atomic E-state index is -3.79. The number of hydrogen-bond donors (Lipinski definition) is 2. The first kappa shape index (κ1) is 21.4. The summed E-state index contributed by atoms with van der Waals surface area (Å²) in [7, 11) is -2.18. The molecule has 2 N–H and O–H groups in total. The van der Waals surface area contributed by atoms with Crippen LogP contribution in [0.2, 0.25) is 0 Å². The average molecular weight is 425 g/mol. The van der Waals surface area contributed by atoms with E-state index in [1.165, 1.54) is 12.1 Å². The molecule has 0 aromatic heterocycles. The Bertz CT molecular complexity index is 1110. The normalized spacial score (nSPS) is 11.0. The number of rotatable bonds is 8. The highest BCUT2D eigenvalue weighted by Gasteiger charge is 2.16. The smallest absolute Gasteiger partial charge is 0.261 e. The van der Waals surface area contributed by atoms with E-state index in [-0.39, 0.29) is 16.4 Å². The Morgan fingerprint density at radius 2 is 1.67 bits per heavy atom. The second kappa shape index (κ2) is 9.45. The van der Waals surface area contributed by atoms with Gasteiger partial charge in [-0.1, -0.05) is 35.9 Å². The zero-order chi connectivity index (χ0) is 21.6. The lowest BCUT2D eigenvalue weighted by atomic mass is 10.1. The molecule has 7 heteroatoms. The lowest BCUT2D eigenvalue weighted by molar-refractivity contribution is 0.0954. The summed E-state index contributed by atoms with van der Waals surface area (Å²) in [6, 6.07) is 20.6. The van der Waals surface area contributed by atoms with Gasteiger partial charge in [-0.25, -0.2) is 8.42 Å². The molecule has 1 amide bonds. The molecule has 0 aliphatic heterocycles. The lowest BCUT2D eigenvalue weighted by Crippen LogP contribution is -2.26. The van der Waals surface area contributed by atoms with Crippen molar-refractivity contribution in [1.29, 1.82) is 0 Å². The van der Waals surface area contributed by atoms with E-state index in [1.54, 1.807) is 31.4 Å². The minimum Gasteiger partial charge on any atom is -0.497 e.